The van der Waals surface area contributed by atoms with Crippen molar-refractivity contribution in [3.63, 3.8) is 0 Å². The van der Waals surface area contributed by atoms with Gasteiger partial charge in [0, 0.05) is 11.0 Å². The van der Waals surface area contributed by atoms with Crippen molar-refractivity contribution >= 4 is 27.3 Å². The highest BCUT2D eigenvalue weighted by molar-refractivity contribution is 9.10. The highest BCUT2D eigenvalue weighted by atomic mass is 79.9. The van der Waals surface area contributed by atoms with Gasteiger partial charge in [0.15, 0.2) is 0 Å². The Kier molecular flexibility index (Phi) is 3.64. The van der Waals surface area contributed by atoms with Crippen molar-refractivity contribution in [2.45, 2.75) is 6.54 Å². The van der Waals surface area contributed by atoms with Crippen LogP contribution < -0.4 is 11.1 Å². The van der Waals surface area contributed by atoms with Crippen molar-refractivity contribution in [1.82, 2.24) is 0 Å². The van der Waals surface area contributed by atoms with Crippen LogP contribution in [0, 0.1) is 5.82 Å². The molecule has 0 heterocycles. The molecule has 0 saturated carbocycles. The van der Waals surface area contributed by atoms with Gasteiger partial charge in [0.2, 0.25) is 0 Å². The van der Waals surface area contributed by atoms with Crippen LogP contribution in [0.25, 0.3) is 0 Å². The largest absolute Gasteiger partial charge is 0.397 e. The van der Waals surface area contributed by atoms with Crippen LogP contribution in [-0.4, -0.2) is 0 Å². The molecule has 17 heavy (non-hydrogen) atoms. The normalized spacial score (nSPS) is 10.2. The van der Waals surface area contributed by atoms with E-state index in [4.69, 9.17) is 5.73 Å². The molecular formula is C13H12BrFN2. The molecule has 88 valence electrons. The van der Waals surface area contributed by atoms with Crippen LogP contribution >= 0.6 is 15.9 Å². The lowest BCUT2D eigenvalue weighted by atomic mass is 10.2. The Morgan fingerprint density at radius 3 is 2.47 bits per heavy atom. The summed E-state index contributed by atoms with van der Waals surface area (Å²) in [6, 6.07) is 12.3. The third-order valence-corrected chi connectivity index (χ3v) is 2.94. The van der Waals surface area contributed by atoms with E-state index < -0.39 is 0 Å². The van der Waals surface area contributed by atoms with Gasteiger partial charge < -0.3 is 11.1 Å². The maximum absolute atomic E-state index is 12.8. The summed E-state index contributed by atoms with van der Waals surface area (Å²) in [6.45, 7) is 0.656. The third kappa shape index (κ3) is 3.20. The topological polar surface area (TPSA) is 38.0 Å². The first kappa shape index (κ1) is 11.9. The van der Waals surface area contributed by atoms with Crippen LogP contribution in [0.3, 0.4) is 0 Å². The van der Waals surface area contributed by atoms with E-state index in [1.807, 2.05) is 24.3 Å². The number of hydrogen-bond donors (Lipinski definition) is 2. The highest BCUT2D eigenvalue weighted by Crippen LogP contribution is 2.20. The van der Waals surface area contributed by atoms with E-state index in [-0.39, 0.29) is 5.82 Å². The fourth-order valence-electron chi connectivity index (χ4n) is 1.49. The second kappa shape index (κ2) is 5.19. The summed E-state index contributed by atoms with van der Waals surface area (Å²) in [5, 5.41) is 3.17. The molecule has 0 saturated heterocycles. The van der Waals surface area contributed by atoms with Crippen LogP contribution in [-0.2, 0) is 6.54 Å². The number of hydrogen-bond acceptors (Lipinski definition) is 2. The van der Waals surface area contributed by atoms with Gasteiger partial charge in [-0.1, -0.05) is 28.1 Å². The molecule has 0 fully saturated rings. The van der Waals surface area contributed by atoms with Crippen LogP contribution in [0.1, 0.15) is 5.56 Å². The average molecular weight is 295 g/mol. The maximum Gasteiger partial charge on any atom is 0.125 e. The van der Waals surface area contributed by atoms with Crippen molar-refractivity contribution in [1.29, 1.82) is 0 Å². The third-order valence-electron chi connectivity index (χ3n) is 2.41. The Morgan fingerprint density at radius 2 is 1.82 bits per heavy atom. The summed E-state index contributed by atoms with van der Waals surface area (Å²) in [6.07, 6.45) is 0. The first-order chi connectivity index (χ1) is 8.15. The fraction of sp³-hybridized carbons (Fsp3) is 0.0769. The summed E-state index contributed by atoms with van der Waals surface area (Å²) >= 11 is 3.38. The molecule has 2 nitrogen and oxygen atoms in total. The van der Waals surface area contributed by atoms with E-state index in [0.717, 1.165) is 15.7 Å². The minimum Gasteiger partial charge on any atom is -0.397 e. The summed E-state index contributed by atoms with van der Waals surface area (Å²) in [5.41, 5.74) is 8.00. The molecule has 0 aromatic heterocycles. The molecule has 3 N–H and O–H groups in total. The standard InChI is InChI=1S/C13H12BrFN2/c14-10-3-1-9(2-4-10)8-17-13-6-5-11(15)7-12(13)16/h1-7,17H,8,16H2. The number of benzene rings is 2. The monoisotopic (exact) mass is 294 g/mol. The predicted molar refractivity (Wildman–Crippen MR) is 72.3 cm³/mol. The number of nitrogens with two attached hydrogens (primary N) is 1. The zero-order chi connectivity index (χ0) is 12.3. The lowest BCUT2D eigenvalue weighted by molar-refractivity contribution is 0.628. The van der Waals surface area contributed by atoms with E-state index in [0.29, 0.717) is 12.2 Å². The number of rotatable bonds is 3. The molecule has 0 radical (unpaired) electrons. The molecule has 2 aromatic rings. The van der Waals surface area contributed by atoms with E-state index in [9.17, 15) is 4.39 Å². The summed E-state index contributed by atoms with van der Waals surface area (Å²) in [5.74, 6) is -0.323. The smallest absolute Gasteiger partial charge is 0.125 e. The van der Waals surface area contributed by atoms with Gasteiger partial charge in [0.05, 0.1) is 11.4 Å². The van der Waals surface area contributed by atoms with Gasteiger partial charge in [-0.15, -0.1) is 0 Å². The second-order valence-corrected chi connectivity index (χ2v) is 4.63. The van der Waals surface area contributed by atoms with Gasteiger partial charge in [-0.25, -0.2) is 4.39 Å². The zero-order valence-corrected chi connectivity index (χ0v) is 10.7. The van der Waals surface area contributed by atoms with Gasteiger partial charge in [-0.05, 0) is 35.9 Å². The van der Waals surface area contributed by atoms with E-state index in [1.54, 1.807) is 6.07 Å². The lowest BCUT2D eigenvalue weighted by Crippen LogP contribution is -2.02. The van der Waals surface area contributed by atoms with E-state index in [2.05, 4.69) is 21.2 Å². The highest BCUT2D eigenvalue weighted by Gasteiger charge is 2.00. The SMILES string of the molecule is Nc1cc(F)ccc1NCc1ccc(Br)cc1. The second-order valence-electron chi connectivity index (χ2n) is 3.71. The quantitative estimate of drug-likeness (QED) is 0.846. The molecule has 0 aliphatic rings. The van der Waals surface area contributed by atoms with Gasteiger partial charge in [0.25, 0.3) is 0 Å². The Bertz CT molecular complexity index is 511. The van der Waals surface area contributed by atoms with Crippen LogP contribution in [0.4, 0.5) is 15.8 Å². The minimum absolute atomic E-state index is 0.323. The number of nitrogen functional groups attached to an aromatic ring is 1. The molecule has 2 rings (SSSR count). The van der Waals surface area contributed by atoms with Crippen molar-refractivity contribution in [3.05, 3.63) is 58.3 Å². The molecule has 2 aromatic carbocycles. The molecular weight excluding hydrogens is 283 g/mol. The van der Waals surface area contributed by atoms with Gasteiger partial charge in [0.1, 0.15) is 5.82 Å². The van der Waals surface area contributed by atoms with Crippen LogP contribution in [0.5, 0.6) is 0 Å². The minimum atomic E-state index is -0.323. The number of anilines is 2. The van der Waals surface area contributed by atoms with Crippen molar-refractivity contribution in [2.75, 3.05) is 11.1 Å². The first-order valence-corrected chi connectivity index (χ1v) is 5.98. The van der Waals surface area contributed by atoms with Crippen molar-refractivity contribution in [2.24, 2.45) is 0 Å². The number of nitrogens with one attached hydrogen (secondary N) is 1. The zero-order valence-electron chi connectivity index (χ0n) is 9.08. The van der Waals surface area contributed by atoms with Gasteiger partial charge in [-0.3, -0.25) is 0 Å². The van der Waals surface area contributed by atoms with Gasteiger partial charge >= 0.3 is 0 Å². The Labute approximate surface area is 108 Å². The molecule has 0 aliphatic heterocycles. The molecule has 4 heteroatoms. The summed E-state index contributed by atoms with van der Waals surface area (Å²) in [4.78, 5) is 0. The Balaban J connectivity index is 2.04. The molecule has 0 atom stereocenters. The summed E-state index contributed by atoms with van der Waals surface area (Å²) in [7, 11) is 0. The molecule has 0 spiro atoms. The van der Waals surface area contributed by atoms with Crippen LogP contribution in [0.2, 0.25) is 0 Å². The summed E-state index contributed by atoms with van der Waals surface area (Å²) < 4.78 is 13.9. The molecule has 0 bridgehead atoms. The molecule has 0 aliphatic carbocycles. The maximum atomic E-state index is 12.8. The Hall–Kier alpha value is -1.55. The Morgan fingerprint density at radius 1 is 1.12 bits per heavy atom. The van der Waals surface area contributed by atoms with Crippen LogP contribution in [0.15, 0.2) is 46.9 Å². The lowest BCUT2D eigenvalue weighted by Gasteiger charge is -2.09. The van der Waals surface area contributed by atoms with Crippen molar-refractivity contribution < 1.29 is 4.39 Å². The van der Waals surface area contributed by atoms with E-state index >= 15 is 0 Å². The predicted octanol–water partition coefficient (Wildman–Crippen LogP) is 3.78. The fourth-order valence-corrected chi connectivity index (χ4v) is 1.76. The van der Waals surface area contributed by atoms with Crippen molar-refractivity contribution in [3.8, 4) is 0 Å². The van der Waals surface area contributed by atoms with Gasteiger partial charge in [-0.2, -0.15) is 0 Å². The molecule has 0 amide bonds. The first-order valence-electron chi connectivity index (χ1n) is 5.18. The molecule has 0 unspecified atom stereocenters. The average Bonchev–Trinajstić information content (AvgIpc) is 2.30. The number of halogens is 2. The van der Waals surface area contributed by atoms with E-state index in [1.165, 1.54) is 12.1 Å².